The summed E-state index contributed by atoms with van der Waals surface area (Å²) in [5, 5.41) is 4.23. The van der Waals surface area contributed by atoms with E-state index in [1.807, 2.05) is 41.4 Å². The fraction of sp³-hybridized carbons (Fsp3) is 0.208. The number of benzene rings is 3. The Hall–Kier alpha value is -2.91. The van der Waals surface area contributed by atoms with Gasteiger partial charge in [0, 0.05) is 6.54 Å². The van der Waals surface area contributed by atoms with Gasteiger partial charge in [-0.05, 0) is 35.6 Å². The molecule has 0 unspecified atom stereocenters. The molecule has 27 heavy (non-hydrogen) atoms. The second kappa shape index (κ2) is 6.67. The van der Waals surface area contributed by atoms with Gasteiger partial charge in [0.15, 0.2) is 0 Å². The van der Waals surface area contributed by atoms with Gasteiger partial charge in [-0.25, -0.2) is 10.0 Å². The van der Waals surface area contributed by atoms with E-state index in [2.05, 4.69) is 53.5 Å². The number of anilines is 1. The van der Waals surface area contributed by atoms with Crippen molar-refractivity contribution < 1.29 is 4.79 Å². The van der Waals surface area contributed by atoms with E-state index in [1.54, 1.807) is 0 Å². The quantitative estimate of drug-likeness (QED) is 0.667. The molecule has 3 heteroatoms. The first-order valence-electron chi connectivity index (χ1n) is 9.64. The second-order valence-corrected chi connectivity index (χ2v) is 7.28. The van der Waals surface area contributed by atoms with Crippen molar-refractivity contribution in [3.63, 3.8) is 0 Å². The van der Waals surface area contributed by atoms with Gasteiger partial charge in [0.25, 0.3) is 5.91 Å². The average Bonchev–Trinajstić information content (AvgIpc) is 3.31. The number of hydrogen-bond donors (Lipinski definition) is 0. The molecule has 3 aromatic carbocycles. The van der Waals surface area contributed by atoms with Gasteiger partial charge in [0.2, 0.25) is 0 Å². The van der Waals surface area contributed by atoms with Crippen molar-refractivity contribution in [2.75, 3.05) is 11.6 Å². The largest absolute Gasteiger partial charge is 0.272 e. The van der Waals surface area contributed by atoms with Crippen molar-refractivity contribution in [3.05, 3.63) is 102 Å². The Morgan fingerprint density at radius 3 is 2.11 bits per heavy atom. The predicted molar refractivity (Wildman–Crippen MR) is 107 cm³/mol. The molecule has 1 fully saturated rings. The third kappa shape index (κ3) is 2.66. The van der Waals surface area contributed by atoms with E-state index < -0.39 is 0 Å². The monoisotopic (exact) mass is 354 g/mol. The first kappa shape index (κ1) is 16.3. The minimum atomic E-state index is -0.223. The van der Waals surface area contributed by atoms with E-state index in [0.717, 1.165) is 36.2 Å². The van der Waals surface area contributed by atoms with Crippen LogP contribution in [-0.2, 0) is 4.79 Å². The maximum absolute atomic E-state index is 13.6. The topological polar surface area (TPSA) is 23.6 Å². The highest BCUT2D eigenvalue weighted by Gasteiger charge is 2.44. The molecular weight excluding hydrogens is 332 g/mol. The lowest BCUT2D eigenvalue weighted by Crippen LogP contribution is -2.45. The molecular formula is C24H22N2O. The molecule has 5 rings (SSSR count). The Labute approximate surface area is 159 Å². The molecule has 0 spiro atoms. The number of para-hydroxylation sites is 1. The van der Waals surface area contributed by atoms with Crippen LogP contribution in [0.5, 0.6) is 0 Å². The number of rotatable bonds is 3. The van der Waals surface area contributed by atoms with Crippen LogP contribution in [0.15, 0.2) is 84.9 Å². The number of carbonyl (C=O) groups excluding carboxylic acids is 1. The first-order chi connectivity index (χ1) is 13.3. The number of amides is 1. The standard InChI is InChI=1S/C24H22N2O/c27-24-23(19-12-5-2-6-13-19)20-14-7-8-15-22(20)26(24)25-17-9-16-21(25)18-10-3-1-4-11-18/h1-8,10-15,21,23H,9,16-17H2/t21-,23+/m0/s1. The van der Waals surface area contributed by atoms with Crippen LogP contribution in [0.3, 0.4) is 0 Å². The third-order valence-corrected chi connectivity index (χ3v) is 5.73. The van der Waals surface area contributed by atoms with Crippen LogP contribution in [0, 0.1) is 0 Å². The van der Waals surface area contributed by atoms with Gasteiger partial charge < -0.3 is 0 Å². The smallest absolute Gasteiger partial charge is 0.253 e. The fourth-order valence-corrected chi connectivity index (χ4v) is 4.54. The molecule has 2 heterocycles. The summed E-state index contributed by atoms with van der Waals surface area (Å²) in [6, 6.07) is 29.2. The van der Waals surface area contributed by atoms with Gasteiger partial charge >= 0.3 is 0 Å². The normalized spacial score (nSPS) is 22.2. The first-order valence-corrected chi connectivity index (χ1v) is 9.64. The van der Waals surface area contributed by atoms with E-state index in [4.69, 9.17) is 0 Å². The van der Waals surface area contributed by atoms with Crippen molar-refractivity contribution in [1.82, 2.24) is 5.01 Å². The molecule has 1 saturated heterocycles. The molecule has 134 valence electrons. The Balaban J connectivity index is 1.58. The van der Waals surface area contributed by atoms with Gasteiger partial charge in [-0.1, -0.05) is 78.9 Å². The van der Waals surface area contributed by atoms with E-state index in [0.29, 0.717) is 0 Å². The molecule has 2 aliphatic heterocycles. The zero-order chi connectivity index (χ0) is 18.2. The molecule has 0 radical (unpaired) electrons. The summed E-state index contributed by atoms with van der Waals surface area (Å²) in [5.41, 5.74) is 4.47. The summed E-state index contributed by atoms with van der Waals surface area (Å²) < 4.78 is 0. The molecule has 2 atom stereocenters. The van der Waals surface area contributed by atoms with Crippen molar-refractivity contribution in [2.45, 2.75) is 24.8 Å². The van der Waals surface area contributed by atoms with Gasteiger partial charge in [0.1, 0.15) is 0 Å². The van der Waals surface area contributed by atoms with Crippen LogP contribution in [0.2, 0.25) is 0 Å². The lowest BCUT2D eigenvalue weighted by molar-refractivity contribution is -0.121. The van der Waals surface area contributed by atoms with Gasteiger partial charge in [-0.2, -0.15) is 0 Å². The predicted octanol–water partition coefficient (Wildman–Crippen LogP) is 4.92. The Morgan fingerprint density at radius 1 is 0.741 bits per heavy atom. The molecule has 0 N–H and O–H groups in total. The van der Waals surface area contributed by atoms with Gasteiger partial charge in [0.05, 0.1) is 17.6 Å². The van der Waals surface area contributed by atoms with E-state index in [9.17, 15) is 4.79 Å². The van der Waals surface area contributed by atoms with E-state index >= 15 is 0 Å². The fourth-order valence-electron chi connectivity index (χ4n) is 4.54. The van der Waals surface area contributed by atoms with Crippen LogP contribution in [0.25, 0.3) is 0 Å². The molecule has 1 amide bonds. The summed E-state index contributed by atoms with van der Waals surface area (Å²) in [4.78, 5) is 13.6. The minimum absolute atomic E-state index is 0.158. The number of fused-ring (bicyclic) bond motifs is 1. The highest BCUT2D eigenvalue weighted by Crippen LogP contribution is 2.45. The van der Waals surface area contributed by atoms with Gasteiger partial charge in [-0.15, -0.1) is 0 Å². The maximum Gasteiger partial charge on any atom is 0.253 e. The van der Waals surface area contributed by atoms with Crippen molar-refractivity contribution in [3.8, 4) is 0 Å². The van der Waals surface area contributed by atoms with E-state index in [1.165, 1.54) is 5.56 Å². The molecule has 0 aromatic heterocycles. The summed E-state index contributed by atoms with van der Waals surface area (Å²) >= 11 is 0. The molecule has 3 nitrogen and oxygen atoms in total. The SMILES string of the molecule is O=C1[C@H](c2ccccc2)c2ccccc2N1N1CCC[C@H]1c1ccccc1. The molecule has 0 aliphatic carbocycles. The number of carbonyl (C=O) groups is 1. The van der Waals surface area contributed by atoms with Crippen LogP contribution in [0.1, 0.15) is 41.5 Å². The maximum atomic E-state index is 13.6. The Bertz CT molecular complexity index is 954. The summed E-state index contributed by atoms with van der Waals surface area (Å²) in [7, 11) is 0. The molecule has 0 bridgehead atoms. The van der Waals surface area contributed by atoms with Crippen LogP contribution in [-0.4, -0.2) is 17.5 Å². The molecule has 0 saturated carbocycles. The third-order valence-electron chi connectivity index (χ3n) is 5.73. The zero-order valence-electron chi connectivity index (χ0n) is 15.2. The Kier molecular flexibility index (Phi) is 4.02. The van der Waals surface area contributed by atoms with Crippen molar-refractivity contribution in [2.24, 2.45) is 0 Å². The van der Waals surface area contributed by atoms with Gasteiger partial charge in [-0.3, -0.25) is 4.79 Å². The van der Waals surface area contributed by atoms with Crippen molar-refractivity contribution >= 4 is 11.6 Å². The van der Waals surface area contributed by atoms with Crippen LogP contribution < -0.4 is 5.01 Å². The summed E-state index contributed by atoms with van der Waals surface area (Å²) in [6.07, 6.45) is 2.17. The molecule has 2 aliphatic rings. The highest BCUT2D eigenvalue weighted by molar-refractivity contribution is 6.06. The highest BCUT2D eigenvalue weighted by atomic mass is 16.2. The van der Waals surface area contributed by atoms with E-state index in [-0.39, 0.29) is 17.9 Å². The lowest BCUT2D eigenvalue weighted by Gasteiger charge is -2.34. The number of hydrogen-bond acceptors (Lipinski definition) is 2. The minimum Gasteiger partial charge on any atom is -0.272 e. The molecule has 3 aromatic rings. The number of nitrogens with zero attached hydrogens (tertiary/aromatic N) is 2. The summed E-state index contributed by atoms with van der Waals surface area (Å²) in [6.45, 7) is 0.904. The second-order valence-electron chi connectivity index (χ2n) is 7.28. The number of hydrazine groups is 1. The lowest BCUT2D eigenvalue weighted by atomic mass is 9.93. The average molecular weight is 354 g/mol. The van der Waals surface area contributed by atoms with Crippen LogP contribution in [0.4, 0.5) is 5.69 Å². The summed E-state index contributed by atoms with van der Waals surface area (Å²) in [5.74, 6) is -0.0651. The zero-order valence-corrected chi connectivity index (χ0v) is 15.2. The van der Waals surface area contributed by atoms with Crippen molar-refractivity contribution in [1.29, 1.82) is 0 Å². The Morgan fingerprint density at radius 2 is 1.37 bits per heavy atom. The van der Waals surface area contributed by atoms with Crippen LogP contribution >= 0.6 is 0 Å².